The number of carbonyl (C=O) groups excluding carboxylic acids is 2. The lowest BCUT2D eigenvalue weighted by atomic mass is 10.2. The molecule has 0 bridgehead atoms. The minimum atomic E-state index is -0.954. The molecule has 0 aliphatic heterocycles. The molecule has 96 valence electrons. The zero-order valence-corrected chi connectivity index (χ0v) is 10.2. The topological polar surface area (TPSA) is 77.0 Å². The maximum atomic E-state index is 11.1. The molecule has 6 nitrogen and oxygen atoms in total. The molecular formula is C12H14N2O4. The number of nitrogens with zero attached hydrogens (tertiary/aromatic N) is 1. The molecule has 1 aromatic rings. The highest BCUT2D eigenvalue weighted by Crippen LogP contribution is 2.09. The second-order valence-corrected chi connectivity index (χ2v) is 3.19. The van der Waals surface area contributed by atoms with Gasteiger partial charge in [-0.1, -0.05) is 0 Å². The normalized spacial score (nSPS) is 10.1. The minimum absolute atomic E-state index is 0.147. The van der Waals surface area contributed by atoms with E-state index in [-0.39, 0.29) is 6.61 Å². The van der Waals surface area contributed by atoms with Gasteiger partial charge in [-0.2, -0.15) is 5.10 Å². The van der Waals surface area contributed by atoms with Crippen molar-refractivity contribution in [2.45, 2.75) is 6.92 Å². The molecule has 0 saturated carbocycles. The van der Waals surface area contributed by atoms with Crippen molar-refractivity contribution in [2.75, 3.05) is 13.7 Å². The molecule has 1 amide bonds. The molecule has 1 rings (SSSR count). The number of ether oxygens (including phenoxy) is 2. The molecule has 0 heterocycles. The van der Waals surface area contributed by atoms with Crippen LogP contribution in [0.4, 0.5) is 0 Å². The van der Waals surface area contributed by atoms with Gasteiger partial charge in [-0.25, -0.2) is 10.2 Å². The van der Waals surface area contributed by atoms with E-state index in [1.807, 2.05) is 0 Å². The van der Waals surface area contributed by atoms with E-state index in [4.69, 9.17) is 4.74 Å². The van der Waals surface area contributed by atoms with Gasteiger partial charge in [0.2, 0.25) is 0 Å². The third-order valence-corrected chi connectivity index (χ3v) is 1.96. The van der Waals surface area contributed by atoms with Crippen LogP contribution in [0.5, 0.6) is 5.75 Å². The van der Waals surface area contributed by atoms with Crippen LogP contribution in [0.15, 0.2) is 29.4 Å². The third-order valence-electron chi connectivity index (χ3n) is 1.96. The first kappa shape index (κ1) is 13.7. The lowest BCUT2D eigenvalue weighted by Gasteiger charge is -2.00. The van der Waals surface area contributed by atoms with Crippen molar-refractivity contribution in [3.8, 4) is 5.75 Å². The highest BCUT2D eigenvalue weighted by molar-refractivity contribution is 6.32. The first-order chi connectivity index (χ1) is 8.67. The molecule has 0 unspecified atom stereocenters. The average molecular weight is 250 g/mol. The van der Waals surface area contributed by atoms with Crippen LogP contribution in [-0.2, 0) is 14.3 Å². The zero-order chi connectivity index (χ0) is 13.4. The number of hydrogen-bond donors (Lipinski definition) is 1. The van der Waals surface area contributed by atoms with Crippen LogP contribution < -0.4 is 10.2 Å². The molecule has 6 heteroatoms. The quantitative estimate of drug-likeness (QED) is 0.369. The van der Waals surface area contributed by atoms with Gasteiger partial charge in [0, 0.05) is 0 Å². The lowest BCUT2D eigenvalue weighted by Crippen LogP contribution is -2.28. The molecule has 0 spiro atoms. The van der Waals surface area contributed by atoms with Gasteiger partial charge in [-0.15, -0.1) is 0 Å². The molecule has 1 N–H and O–H groups in total. The van der Waals surface area contributed by atoms with Crippen LogP contribution in [0.3, 0.4) is 0 Å². The average Bonchev–Trinajstić information content (AvgIpc) is 2.39. The van der Waals surface area contributed by atoms with Crippen molar-refractivity contribution in [3.05, 3.63) is 29.8 Å². The lowest BCUT2D eigenvalue weighted by molar-refractivity contribution is -0.154. The Morgan fingerprint density at radius 2 is 2.00 bits per heavy atom. The summed E-state index contributed by atoms with van der Waals surface area (Å²) in [6, 6.07) is 7.04. The summed E-state index contributed by atoms with van der Waals surface area (Å²) in [5.74, 6) is -1.13. The van der Waals surface area contributed by atoms with Crippen molar-refractivity contribution in [2.24, 2.45) is 5.10 Å². The summed E-state index contributed by atoms with van der Waals surface area (Å²) in [6.07, 6.45) is 1.41. The van der Waals surface area contributed by atoms with Crippen molar-refractivity contribution >= 4 is 18.1 Å². The minimum Gasteiger partial charge on any atom is -0.497 e. The zero-order valence-electron chi connectivity index (χ0n) is 10.2. The van der Waals surface area contributed by atoms with E-state index in [0.717, 1.165) is 11.3 Å². The van der Waals surface area contributed by atoms with Gasteiger partial charge < -0.3 is 9.47 Å². The van der Waals surface area contributed by atoms with Crippen molar-refractivity contribution in [1.29, 1.82) is 0 Å². The smallest absolute Gasteiger partial charge is 0.398 e. The highest BCUT2D eigenvalue weighted by Gasteiger charge is 2.12. The van der Waals surface area contributed by atoms with Gasteiger partial charge in [0.05, 0.1) is 19.9 Å². The van der Waals surface area contributed by atoms with Crippen molar-refractivity contribution < 1.29 is 19.1 Å². The largest absolute Gasteiger partial charge is 0.497 e. The van der Waals surface area contributed by atoms with E-state index in [1.54, 1.807) is 38.3 Å². The summed E-state index contributed by atoms with van der Waals surface area (Å²) in [5, 5.41) is 3.63. The molecule has 0 aromatic heterocycles. The SMILES string of the molecule is CCOC(=O)C(=O)N/N=C/c1ccc(OC)cc1. The summed E-state index contributed by atoms with van der Waals surface area (Å²) in [5.41, 5.74) is 2.83. The number of esters is 1. The molecule has 0 saturated heterocycles. The van der Waals surface area contributed by atoms with Gasteiger partial charge >= 0.3 is 11.9 Å². The highest BCUT2D eigenvalue weighted by atomic mass is 16.5. The fraction of sp³-hybridized carbons (Fsp3) is 0.250. The molecule has 0 fully saturated rings. The number of hydrazone groups is 1. The van der Waals surface area contributed by atoms with Crippen molar-refractivity contribution in [3.63, 3.8) is 0 Å². The van der Waals surface area contributed by atoms with E-state index in [2.05, 4.69) is 15.3 Å². The molecule has 0 aliphatic rings. The van der Waals surface area contributed by atoms with Gasteiger partial charge in [-0.3, -0.25) is 4.79 Å². The fourth-order valence-corrected chi connectivity index (χ4v) is 1.10. The predicted octanol–water partition coefficient (Wildman–Crippen LogP) is 0.708. The number of hydrogen-bond acceptors (Lipinski definition) is 5. The predicted molar refractivity (Wildman–Crippen MR) is 65.4 cm³/mol. The summed E-state index contributed by atoms with van der Waals surface area (Å²) in [4.78, 5) is 22.0. The van der Waals surface area contributed by atoms with E-state index >= 15 is 0 Å². The van der Waals surface area contributed by atoms with Crippen LogP contribution in [-0.4, -0.2) is 31.8 Å². The summed E-state index contributed by atoms with van der Waals surface area (Å²) in [6.45, 7) is 1.76. The second kappa shape index (κ2) is 7.05. The van der Waals surface area contributed by atoms with E-state index in [1.165, 1.54) is 6.21 Å². The Bertz CT molecular complexity index is 440. The number of amides is 1. The summed E-state index contributed by atoms with van der Waals surface area (Å²) >= 11 is 0. The fourth-order valence-electron chi connectivity index (χ4n) is 1.10. The monoisotopic (exact) mass is 250 g/mol. The molecular weight excluding hydrogens is 236 g/mol. The summed E-state index contributed by atoms with van der Waals surface area (Å²) in [7, 11) is 1.57. The van der Waals surface area contributed by atoms with Crippen LogP contribution in [0.25, 0.3) is 0 Å². The molecule has 0 atom stereocenters. The van der Waals surface area contributed by atoms with E-state index in [0.29, 0.717) is 0 Å². The Hall–Kier alpha value is -2.37. The standard InChI is InChI=1S/C12H14N2O4/c1-3-18-12(16)11(15)14-13-8-9-4-6-10(17-2)7-5-9/h4-8H,3H2,1-2H3,(H,14,15)/b13-8+. The first-order valence-electron chi connectivity index (χ1n) is 5.31. The van der Waals surface area contributed by atoms with Gasteiger partial charge in [-0.05, 0) is 36.8 Å². The maximum Gasteiger partial charge on any atom is 0.398 e. The Morgan fingerprint density at radius 3 is 2.56 bits per heavy atom. The van der Waals surface area contributed by atoms with Crippen LogP contribution in [0.2, 0.25) is 0 Å². The maximum absolute atomic E-state index is 11.1. The van der Waals surface area contributed by atoms with E-state index in [9.17, 15) is 9.59 Å². The molecule has 0 radical (unpaired) electrons. The Labute approximate surface area is 105 Å². The third kappa shape index (κ3) is 4.25. The number of nitrogens with one attached hydrogen (secondary N) is 1. The summed E-state index contributed by atoms with van der Waals surface area (Å²) < 4.78 is 9.49. The number of methoxy groups -OCH3 is 1. The van der Waals surface area contributed by atoms with Crippen LogP contribution >= 0.6 is 0 Å². The second-order valence-electron chi connectivity index (χ2n) is 3.19. The Balaban J connectivity index is 2.49. The Kier molecular flexibility index (Phi) is 5.37. The van der Waals surface area contributed by atoms with Crippen molar-refractivity contribution in [1.82, 2.24) is 5.43 Å². The van der Waals surface area contributed by atoms with Gasteiger partial charge in [0.1, 0.15) is 5.75 Å². The number of benzene rings is 1. The Morgan fingerprint density at radius 1 is 1.33 bits per heavy atom. The molecule has 0 aliphatic carbocycles. The molecule has 1 aromatic carbocycles. The van der Waals surface area contributed by atoms with Gasteiger partial charge in [0.15, 0.2) is 0 Å². The van der Waals surface area contributed by atoms with E-state index < -0.39 is 11.9 Å². The van der Waals surface area contributed by atoms with Crippen LogP contribution in [0.1, 0.15) is 12.5 Å². The first-order valence-corrected chi connectivity index (χ1v) is 5.31. The number of carbonyl (C=O) groups is 2. The van der Waals surface area contributed by atoms with Crippen LogP contribution in [0, 0.1) is 0 Å². The molecule has 18 heavy (non-hydrogen) atoms. The number of rotatable bonds is 4. The van der Waals surface area contributed by atoms with Gasteiger partial charge in [0.25, 0.3) is 0 Å².